The van der Waals surface area contributed by atoms with E-state index in [0.717, 1.165) is 64.2 Å². The van der Waals surface area contributed by atoms with E-state index in [2.05, 4.69) is 21.7 Å². The van der Waals surface area contributed by atoms with Gasteiger partial charge in [-0.15, -0.1) is 0 Å². The number of ether oxygens (including phenoxy) is 2. The predicted molar refractivity (Wildman–Crippen MR) is 84.6 cm³/mol. The van der Waals surface area contributed by atoms with Crippen LogP contribution < -0.4 is 21.7 Å². The Bertz CT molecular complexity index is 396. The lowest BCUT2D eigenvalue weighted by molar-refractivity contribution is 0.0715. The summed E-state index contributed by atoms with van der Waals surface area (Å²) in [5.41, 5.74) is 8.41. The molecule has 0 aromatic carbocycles. The topological polar surface area (TPSA) is 118 Å². The summed E-state index contributed by atoms with van der Waals surface area (Å²) in [7, 11) is 0. The number of urea groups is 1. The Balaban J connectivity index is 1.53. The summed E-state index contributed by atoms with van der Waals surface area (Å²) in [4.78, 5) is 34.5. The first-order valence-corrected chi connectivity index (χ1v) is 8.63. The number of carbonyl (C=O) groups is 3. The highest BCUT2D eigenvalue weighted by Crippen LogP contribution is 2.20. The third kappa shape index (κ3) is 6.93. The molecule has 0 aliphatic heterocycles. The van der Waals surface area contributed by atoms with Gasteiger partial charge in [0.2, 0.25) is 0 Å². The van der Waals surface area contributed by atoms with Crippen LogP contribution in [0.4, 0.5) is 14.4 Å². The van der Waals surface area contributed by atoms with Gasteiger partial charge in [-0.2, -0.15) is 0 Å². The number of hydrogen-bond acceptors (Lipinski definition) is 5. The van der Waals surface area contributed by atoms with Crippen molar-refractivity contribution in [3.8, 4) is 0 Å². The molecule has 24 heavy (non-hydrogen) atoms. The molecule has 136 valence electrons. The molecule has 2 fully saturated rings. The first kappa shape index (κ1) is 18.2. The first-order valence-electron chi connectivity index (χ1n) is 8.63. The first-order chi connectivity index (χ1) is 11.6. The molecule has 2 aliphatic rings. The molecule has 0 radical (unpaired) electrons. The lowest BCUT2D eigenvalue weighted by Crippen LogP contribution is -2.53. The Kier molecular flexibility index (Phi) is 7.44. The summed E-state index contributed by atoms with van der Waals surface area (Å²) in [5.74, 6) is 0. The van der Waals surface area contributed by atoms with Gasteiger partial charge in [0, 0.05) is 0 Å². The van der Waals surface area contributed by atoms with Gasteiger partial charge in [0.25, 0.3) is 0 Å². The van der Waals surface area contributed by atoms with E-state index in [4.69, 9.17) is 9.47 Å². The summed E-state index contributed by atoms with van der Waals surface area (Å²) in [5, 5.41) is 0. The van der Waals surface area contributed by atoms with E-state index in [1.54, 1.807) is 0 Å². The van der Waals surface area contributed by atoms with E-state index in [-0.39, 0.29) is 12.2 Å². The number of amides is 4. The predicted octanol–water partition coefficient (Wildman–Crippen LogP) is 2.23. The third-order valence-electron chi connectivity index (χ3n) is 4.21. The van der Waals surface area contributed by atoms with Gasteiger partial charge in [0.1, 0.15) is 12.2 Å². The van der Waals surface area contributed by atoms with Gasteiger partial charge in [-0.05, 0) is 51.4 Å². The molecule has 0 saturated heterocycles. The van der Waals surface area contributed by atoms with Crippen LogP contribution in [0.5, 0.6) is 0 Å². The van der Waals surface area contributed by atoms with Crippen LogP contribution in [0, 0.1) is 0 Å². The zero-order chi connectivity index (χ0) is 17.2. The number of carbonyl (C=O) groups excluding carboxylic acids is 3. The highest BCUT2D eigenvalue weighted by atomic mass is 16.6. The van der Waals surface area contributed by atoms with Gasteiger partial charge in [-0.1, -0.05) is 12.8 Å². The molecule has 0 aromatic heterocycles. The second-order valence-corrected chi connectivity index (χ2v) is 6.16. The zero-order valence-corrected chi connectivity index (χ0v) is 13.8. The highest BCUT2D eigenvalue weighted by molar-refractivity contribution is 5.79. The number of nitrogens with one attached hydrogen (secondary N) is 4. The average molecular weight is 342 g/mol. The summed E-state index contributed by atoms with van der Waals surface area (Å²) < 4.78 is 10.3. The van der Waals surface area contributed by atoms with Gasteiger partial charge in [-0.25, -0.2) is 36.1 Å². The van der Waals surface area contributed by atoms with Crippen LogP contribution in [0.15, 0.2) is 0 Å². The fourth-order valence-corrected chi connectivity index (χ4v) is 2.97. The summed E-state index contributed by atoms with van der Waals surface area (Å²) >= 11 is 0. The lowest BCUT2D eigenvalue weighted by Gasteiger charge is -2.22. The largest absolute Gasteiger partial charge is 0.445 e. The SMILES string of the molecule is O=C(NNC(=O)OC1CCCCC1)NNC(=O)OC1CCCCC1. The van der Waals surface area contributed by atoms with Crippen molar-refractivity contribution in [2.24, 2.45) is 0 Å². The Morgan fingerprint density at radius 2 is 0.958 bits per heavy atom. The zero-order valence-electron chi connectivity index (χ0n) is 13.8. The third-order valence-corrected chi connectivity index (χ3v) is 4.21. The van der Waals surface area contributed by atoms with Crippen molar-refractivity contribution in [1.29, 1.82) is 0 Å². The molecule has 0 spiro atoms. The maximum atomic E-state index is 11.5. The maximum absolute atomic E-state index is 11.5. The molecule has 9 heteroatoms. The minimum atomic E-state index is -0.795. The Labute approximate surface area is 141 Å². The van der Waals surface area contributed by atoms with Gasteiger partial charge in [0.15, 0.2) is 0 Å². The standard InChI is InChI=1S/C15H26N4O5/c20-13(16-18-14(21)23-11-7-3-1-4-8-11)17-19-15(22)24-12-9-5-2-6-10-12/h11-12H,1-10H2,(H,18,21)(H,19,22)(H2,16,17,20). The lowest BCUT2D eigenvalue weighted by atomic mass is 9.98. The van der Waals surface area contributed by atoms with Crippen molar-refractivity contribution < 1.29 is 23.9 Å². The van der Waals surface area contributed by atoms with E-state index in [1.807, 2.05) is 0 Å². The second-order valence-electron chi connectivity index (χ2n) is 6.16. The van der Waals surface area contributed by atoms with Gasteiger partial charge < -0.3 is 9.47 Å². The van der Waals surface area contributed by atoms with Gasteiger partial charge in [0.05, 0.1) is 0 Å². The summed E-state index contributed by atoms with van der Waals surface area (Å²) in [6, 6.07) is -0.795. The molecule has 2 rings (SSSR count). The van der Waals surface area contributed by atoms with Crippen LogP contribution in [-0.2, 0) is 9.47 Å². The number of hydrazine groups is 2. The van der Waals surface area contributed by atoms with Crippen molar-refractivity contribution in [2.75, 3.05) is 0 Å². The molecule has 0 heterocycles. The van der Waals surface area contributed by atoms with E-state index < -0.39 is 18.2 Å². The van der Waals surface area contributed by atoms with E-state index in [9.17, 15) is 14.4 Å². The van der Waals surface area contributed by atoms with Crippen molar-refractivity contribution in [1.82, 2.24) is 21.7 Å². The molecule has 0 unspecified atom stereocenters. The van der Waals surface area contributed by atoms with E-state index in [0.29, 0.717) is 0 Å². The molecule has 0 aromatic rings. The van der Waals surface area contributed by atoms with Crippen LogP contribution in [0.2, 0.25) is 0 Å². The summed E-state index contributed by atoms with van der Waals surface area (Å²) in [6.45, 7) is 0. The Morgan fingerprint density at radius 1 is 0.583 bits per heavy atom. The molecular weight excluding hydrogens is 316 g/mol. The van der Waals surface area contributed by atoms with E-state index in [1.165, 1.54) is 0 Å². The fourth-order valence-electron chi connectivity index (χ4n) is 2.97. The molecule has 4 N–H and O–H groups in total. The molecule has 0 atom stereocenters. The second kappa shape index (κ2) is 9.84. The van der Waals surface area contributed by atoms with Crippen LogP contribution in [0.1, 0.15) is 64.2 Å². The number of rotatable bonds is 2. The minimum absolute atomic E-state index is 0.104. The van der Waals surface area contributed by atoms with Crippen LogP contribution in [-0.4, -0.2) is 30.4 Å². The van der Waals surface area contributed by atoms with Gasteiger partial charge >= 0.3 is 18.2 Å². The fraction of sp³-hybridized carbons (Fsp3) is 0.800. The van der Waals surface area contributed by atoms with Crippen molar-refractivity contribution in [2.45, 2.75) is 76.4 Å². The summed E-state index contributed by atoms with van der Waals surface area (Å²) in [6.07, 6.45) is 8.19. The van der Waals surface area contributed by atoms with Crippen molar-refractivity contribution >= 4 is 18.2 Å². The Morgan fingerprint density at radius 3 is 1.33 bits per heavy atom. The van der Waals surface area contributed by atoms with Gasteiger partial charge in [-0.3, -0.25) is 0 Å². The molecular formula is C15H26N4O5. The average Bonchev–Trinajstić information content (AvgIpc) is 2.60. The maximum Gasteiger partial charge on any atom is 0.426 e. The molecule has 2 aliphatic carbocycles. The minimum Gasteiger partial charge on any atom is -0.445 e. The molecule has 4 amide bonds. The van der Waals surface area contributed by atoms with E-state index >= 15 is 0 Å². The van der Waals surface area contributed by atoms with Crippen LogP contribution >= 0.6 is 0 Å². The van der Waals surface area contributed by atoms with Crippen molar-refractivity contribution in [3.05, 3.63) is 0 Å². The molecule has 9 nitrogen and oxygen atoms in total. The Hall–Kier alpha value is -2.19. The van der Waals surface area contributed by atoms with Crippen molar-refractivity contribution in [3.63, 3.8) is 0 Å². The highest BCUT2D eigenvalue weighted by Gasteiger charge is 2.19. The number of hydrogen-bond donors (Lipinski definition) is 4. The quantitative estimate of drug-likeness (QED) is 0.574. The molecule has 0 bridgehead atoms. The van der Waals surface area contributed by atoms with Crippen LogP contribution in [0.3, 0.4) is 0 Å². The normalized spacial score (nSPS) is 19.0. The smallest absolute Gasteiger partial charge is 0.426 e. The molecule has 2 saturated carbocycles. The van der Waals surface area contributed by atoms with Crippen LogP contribution in [0.25, 0.3) is 0 Å². The monoisotopic (exact) mass is 342 g/mol.